The van der Waals surface area contributed by atoms with Crippen LogP contribution in [0.5, 0.6) is 0 Å². The topological polar surface area (TPSA) is 81.2 Å². The fourth-order valence-electron chi connectivity index (χ4n) is 5.63. The maximum atomic E-state index is 14.3. The van der Waals surface area contributed by atoms with Crippen LogP contribution in [-0.2, 0) is 26.0 Å². The van der Waals surface area contributed by atoms with Crippen LogP contribution in [0.25, 0.3) is 0 Å². The molecule has 2 atom stereocenters. The Morgan fingerprint density at radius 1 is 0.925 bits per heavy atom. The molecule has 2 amide bonds. The number of carbonyl (C=O) groups excluding carboxylic acids is 2. The van der Waals surface area contributed by atoms with Gasteiger partial charge in [0.2, 0.25) is 11.8 Å². The first-order chi connectivity index (χ1) is 19.0. The number of hydrogen-bond donors (Lipinski definition) is 0. The Balaban J connectivity index is 1.66. The van der Waals surface area contributed by atoms with E-state index in [1.165, 1.54) is 38.5 Å². The van der Waals surface area contributed by atoms with E-state index >= 15 is 0 Å². The number of likely N-dealkylation sites (tertiary alicyclic amines) is 1. The molecule has 2 fully saturated rings. The van der Waals surface area contributed by atoms with Crippen LogP contribution in [0.3, 0.4) is 0 Å². The number of sulfonamides is 1. The Morgan fingerprint density at radius 3 is 2.27 bits per heavy atom. The predicted octanol–water partition coefficient (Wildman–Crippen LogP) is 5.00. The van der Waals surface area contributed by atoms with Gasteiger partial charge >= 0.3 is 0 Å². The third-order valence-corrected chi connectivity index (χ3v) is 10.4. The van der Waals surface area contributed by atoms with Crippen LogP contribution in [-0.4, -0.2) is 77.0 Å². The number of fused-ring (bicyclic) bond motifs is 1. The molecule has 0 aliphatic carbocycles. The lowest BCUT2D eigenvalue weighted by Crippen LogP contribution is -2.68. The van der Waals surface area contributed by atoms with E-state index in [0.717, 1.165) is 24.8 Å². The number of halogens is 3. The van der Waals surface area contributed by atoms with Crippen molar-refractivity contribution < 1.29 is 18.0 Å². The summed E-state index contributed by atoms with van der Waals surface area (Å²) >= 11 is 18.7. The van der Waals surface area contributed by atoms with Gasteiger partial charge in [0.25, 0.3) is 10.0 Å². The zero-order chi connectivity index (χ0) is 28.8. The van der Waals surface area contributed by atoms with Crippen molar-refractivity contribution in [3.8, 4) is 0 Å². The highest BCUT2D eigenvalue weighted by molar-refractivity contribution is 7.89. The first kappa shape index (κ1) is 29.2. The van der Waals surface area contributed by atoms with Crippen LogP contribution >= 0.6 is 34.8 Å². The number of nitrogens with zero attached hydrogens (tertiary/aromatic N) is 4. The average molecular weight is 626 g/mol. The van der Waals surface area contributed by atoms with Gasteiger partial charge in [-0.3, -0.25) is 19.4 Å². The minimum Gasteiger partial charge on any atom is -0.311 e. The third kappa shape index (κ3) is 5.46. The molecule has 12 heteroatoms. The molecule has 5 rings (SSSR count). The van der Waals surface area contributed by atoms with Crippen LogP contribution in [0.2, 0.25) is 15.1 Å². The second-order valence-electron chi connectivity index (χ2n) is 10.6. The van der Waals surface area contributed by atoms with Gasteiger partial charge in [-0.2, -0.15) is 0 Å². The molecule has 2 aromatic carbocycles. The number of hydrogen-bond acceptors (Lipinski definition) is 5. The van der Waals surface area contributed by atoms with Crippen LogP contribution in [0.4, 0.5) is 0 Å². The summed E-state index contributed by atoms with van der Waals surface area (Å²) in [5.74, 6) is -0.441. The Morgan fingerprint density at radius 2 is 1.62 bits per heavy atom. The number of benzene rings is 2. The Hall–Kier alpha value is -2.30. The highest BCUT2D eigenvalue weighted by atomic mass is 35.5. The van der Waals surface area contributed by atoms with Crippen LogP contribution in [0.15, 0.2) is 59.4 Å². The maximum Gasteiger partial charge on any atom is 0.267 e. The highest BCUT2D eigenvalue weighted by Crippen LogP contribution is 2.38. The minimum absolute atomic E-state index is 0.0193. The number of amides is 2. The van der Waals surface area contributed by atoms with Crippen molar-refractivity contribution in [2.45, 2.75) is 62.6 Å². The Bertz CT molecular complexity index is 1460. The molecule has 3 aliphatic heterocycles. The van der Waals surface area contributed by atoms with E-state index < -0.39 is 22.1 Å². The van der Waals surface area contributed by atoms with Gasteiger partial charge in [-0.15, -0.1) is 0 Å². The number of carbonyl (C=O) groups is 2. The zero-order valence-corrected chi connectivity index (χ0v) is 25.3. The lowest BCUT2D eigenvalue weighted by Gasteiger charge is -2.51. The Kier molecular flexibility index (Phi) is 8.42. The summed E-state index contributed by atoms with van der Waals surface area (Å²) < 4.78 is 29.7. The molecule has 0 aromatic heterocycles. The van der Waals surface area contributed by atoms with Crippen molar-refractivity contribution in [2.24, 2.45) is 0 Å². The van der Waals surface area contributed by atoms with Gasteiger partial charge in [0.05, 0.1) is 11.6 Å². The standard InChI is InChI=1S/C28H31Cl3N4O4S/c1-18(2)33-17-26-34(40(38,39)25-10-9-21(30)15-22(25)31)16-24(32-11-4-3-5-12-32)28(37)35(26)23(27(33)36)14-19-7-6-8-20(29)13-19/h6-10,13,15,17-18,23-24H,3-5,11-12,14,16H2,1-2H3. The van der Waals surface area contributed by atoms with Gasteiger partial charge in [0.1, 0.15) is 22.8 Å². The highest BCUT2D eigenvalue weighted by Gasteiger charge is 2.51. The lowest BCUT2D eigenvalue weighted by molar-refractivity contribution is -0.153. The Labute approximate surface area is 250 Å². The molecule has 0 saturated carbocycles. The minimum atomic E-state index is -4.25. The molecule has 3 aliphatic rings. The van der Waals surface area contributed by atoms with Crippen LogP contribution in [0.1, 0.15) is 38.7 Å². The van der Waals surface area contributed by atoms with E-state index in [0.29, 0.717) is 23.1 Å². The quantitative estimate of drug-likeness (QED) is 0.452. The van der Waals surface area contributed by atoms with Gasteiger partial charge in [0.15, 0.2) is 0 Å². The van der Waals surface area contributed by atoms with Crippen molar-refractivity contribution in [1.82, 2.24) is 19.0 Å². The van der Waals surface area contributed by atoms with Gasteiger partial charge < -0.3 is 4.90 Å². The summed E-state index contributed by atoms with van der Waals surface area (Å²) in [6.07, 6.45) is 4.53. The molecular weight excluding hydrogens is 595 g/mol. The molecule has 2 unspecified atom stereocenters. The smallest absolute Gasteiger partial charge is 0.267 e. The van der Waals surface area contributed by atoms with Crippen molar-refractivity contribution in [3.63, 3.8) is 0 Å². The van der Waals surface area contributed by atoms with Crippen molar-refractivity contribution >= 4 is 56.6 Å². The predicted molar refractivity (Wildman–Crippen MR) is 155 cm³/mol. The molecule has 0 spiro atoms. The summed E-state index contributed by atoms with van der Waals surface area (Å²) in [6.45, 7) is 4.94. The van der Waals surface area contributed by atoms with Crippen molar-refractivity contribution in [3.05, 3.63) is 75.1 Å². The van der Waals surface area contributed by atoms with Crippen LogP contribution in [0, 0.1) is 0 Å². The average Bonchev–Trinajstić information content (AvgIpc) is 2.90. The summed E-state index contributed by atoms with van der Waals surface area (Å²) in [5.41, 5.74) is 0.763. The van der Waals surface area contributed by atoms with E-state index in [4.69, 9.17) is 34.8 Å². The summed E-state index contributed by atoms with van der Waals surface area (Å²) in [5, 5.41) is 0.796. The van der Waals surface area contributed by atoms with Gasteiger partial charge in [-0.1, -0.05) is 53.4 Å². The van der Waals surface area contributed by atoms with Crippen molar-refractivity contribution in [2.75, 3.05) is 19.6 Å². The fraction of sp³-hybridized carbons (Fsp3) is 0.429. The molecule has 0 bridgehead atoms. The summed E-state index contributed by atoms with van der Waals surface area (Å²) in [4.78, 5) is 32.9. The first-order valence-corrected chi connectivity index (χ1v) is 15.9. The number of piperidine rings is 1. The molecule has 0 radical (unpaired) electrons. The van der Waals surface area contributed by atoms with Gasteiger partial charge in [0, 0.05) is 28.7 Å². The fourth-order valence-corrected chi connectivity index (χ4v) is 8.04. The van der Waals surface area contributed by atoms with E-state index in [1.54, 1.807) is 18.2 Å². The molecule has 8 nitrogen and oxygen atoms in total. The van der Waals surface area contributed by atoms with Gasteiger partial charge in [-0.05, 0) is 75.7 Å². The maximum absolute atomic E-state index is 14.3. The monoisotopic (exact) mass is 624 g/mol. The second-order valence-corrected chi connectivity index (χ2v) is 13.7. The molecular formula is C28H31Cl3N4O4S. The summed E-state index contributed by atoms with van der Waals surface area (Å²) in [7, 11) is -4.25. The lowest BCUT2D eigenvalue weighted by atomic mass is 9.98. The normalized spacial score (nSPS) is 22.6. The molecule has 214 valence electrons. The largest absolute Gasteiger partial charge is 0.311 e. The SMILES string of the molecule is CC(C)N1C=C2N(C(=O)C(N3CCCCC3)CN2S(=O)(=O)c2ccc(Cl)cc2Cl)C(Cc2cccc(Cl)c2)C1=O. The molecule has 40 heavy (non-hydrogen) atoms. The first-order valence-electron chi connectivity index (χ1n) is 13.3. The van der Waals surface area contributed by atoms with Crippen LogP contribution < -0.4 is 0 Å². The second kappa shape index (κ2) is 11.5. The molecule has 2 saturated heterocycles. The molecule has 2 aromatic rings. The molecule has 3 heterocycles. The van der Waals surface area contributed by atoms with E-state index in [2.05, 4.69) is 0 Å². The van der Waals surface area contributed by atoms with E-state index in [9.17, 15) is 18.0 Å². The van der Waals surface area contributed by atoms with E-state index in [-0.39, 0.29) is 46.6 Å². The van der Waals surface area contributed by atoms with E-state index in [1.807, 2.05) is 24.8 Å². The van der Waals surface area contributed by atoms with Crippen molar-refractivity contribution in [1.29, 1.82) is 0 Å². The molecule has 0 N–H and O–H groups in total. The number of rotatable bonds is 6. The van der Waals surface area contributed by atoms with Gasteiger partial charge in [-0.25, -0.2) is 12.7 Å². The summed E-state index contributed by atoms with van der Waals surface area (Å²) in [6, 6.07) is 9.36. The zero-order valence-electron chi connectivity index (χ0n) is 22.3. The third-order valence-electron chi connectivity index (χ3n) is 7.64.